The van der Waals surface area contributed by atoms with Crippen LogP contribution in [0.15, 0.2) is 48.5 Å². The van der Waals surface area contributed by atoms with Gasteiger partial charge in [-0.2, -0.15) is 0 Å². The predicted molar refractivity (Wildman–Crippen MR) is 97.8 cm³/mol. The Bertz CT molecular complexity index is 727. The molecule has 134 valence electrons. The molecule has 0 radical (unpaired) electrons. The van der Waals surface area contributed by atoms with Crippen LogP contribution in [0.1, 0.15) is 21.8 Å². The first kappa shape index (κ1) is 19.2. The summed E-state index contributed by atoms with van der Waals surface area (Å²) in [7, 11) is 1.44. The van der Waals surface area contributed by atoms with Gasteiger partial charge in [0.05, 0.1) is 7.11 Å². The Kier molecular flexibility index (Phi) is 6.39. The topological polar surface area (TPSA) is 55.6 Å². The lowest BCUT2D eigenvalue weighted by Gasteiger charge is -2.18. The summed E-state index contributed by atoms with van der Waals surface area (Å²) in [6, 6.07) is 14.4. The van der Waals surface area contributed by atoms with Gasteiger partial charge in [0.1, 0.15) is 17.1 Å². The minimum Gasteiger partial charge on any atom is -0.496 e. The number of nitrogens with zero attached hydrogens (tertiary/aromatic N) is 1. The highest BCUT2D eigenvalue weighted by Crippen LogP contribution is 2.34. The van der Waals surface area contributed by atoms with Gasteiger partial charge in [0, 0.05) is 19.0 Å². The molecule has 1 fully saturated rings. The first-order chi connectivity index (χ1) is 11.7. The van der Waals surface area contributed by atoms with Gasteiger partial charge >= 0.3 is 0 Å². The number of halogens is 2. The van der Waals surface area contributed by atoms with Crippen LogP contribution in [0, 0.1) is 11.7 Å². The molecule has 1 saturated heterocycles. The first-order valence-electron chi connectivity index (χ1n) is 8.02. The number of nitrogens with two attached hydrogens (primary N) is 1. The van der Waals surface area contributed by atoms with Gasteiger partial charge in [0.15, 0.2) is 0 Å². The van der Waals surface area contributed by atoms with Crippen LogP contribution in [-0.4, -0.2) is 37.6 Å². The second-order valence-corrected chi connectivity index (χ2v) is 6.04. The van der Waals surface area contributed by atoms with Gasteiger partial charge in [-0.1, -0.05) is 36.4 Å². The quantitative estimate of drug-likeness (QED) is 0.907. The summed E-state index contributed by atoms with van der Waals surface area (Å²) in [5.41, 5.74) is 7.06. The number of amides is 1. The maximum atomic E-state index is 14.2. The molecule has 0 unspecified atom stereocenters. The number of rotatable bonds is 4. The predicted octanol–water partition coefficient (Wildman–Crippen LogP) is 3.07. The van der Waals surface area contributed by atoms with E-state index >= 15 is 0 Å². The van der Waals surface area contributed by atoms with E-state index in [0.717, 1.165) is 5.56 Å². The molecule has 1 aliphatic heterocycles. The van der Waals surface area contributed by atoms with E-state index in [1.807, 2.05) is 30.3 Å². The number of hydrogen-bond acceptors (Lipinski definition) is 3. The van der Waals surface area contributed by atoms with Crippen LogP contribution in [0.25, 0.3) is 0 Å². The van der Waals surface area contributed by atoms with Crippen molar-refractivity contribution in [3.05, 3.63) is 65.5 Å². The summed E-state index contributed by atoms with van der Waals surface area (Å²) < 4.78 is 19.3. The molecule has 4 nitrogen and oxygen atoms in total. The maximum Gasteiger partial charge on any atom is 0.260 e. The Hall–Kier alpha value is -2.11. The summed E-state index contributed by atoms with van der Waals surface area (Å²) in [4.78, 5) is 14.5. The fraction of sp³-hybridized carbons (Fsp3) is 0.316. The van der Waals surface area contributed by atoms with Crippen molar-refractivity contribution in [3.8, 4) is 5.75 Å². The second-order valence-electron chi connectivity index (χ2n) is 6.04. The minimum atomic E-state index is -0.563. The summed E-state index contributed by atoms with van der Waals surface area (Å²) in [6.45, 7) is 1.53. The van der Waals surface area contributed by atoms with Gasteiger partial charge in [0.2, 0.25) is 0 Å². The first-order valence-corrected chi connectivity index (χ1v) is 8.02. The molecule has 0 aromatic heterocycles. The fourth-order valence-electron chi connectivity index (χ4n) is 3.39. The van der Waals surface area contributed by atoms with E-state index in [-0.39, 0.29) is 41.5 Å². The standard InChI is InChI=1S/C19H21FN2O2.ClH/c1-24-17-9-5-8-16(20)18(17)19(23)22-11-14(10-21)15(12-22)13-6-3-2-4-7-13;/h2-9,14-15H,10-12,21H2,1H3;1H/t14-,15+;/m1./s1. The molecule has 25 heavy (non-hydrogen) atoms. The molecule has 2 aromatic carbocycles. The van der Waals surface area contributed by atoms with E-state index < -0.39 is 5.82 Å². The molecule has 0 spiro atoms. The average Bonchev–Trinajstić information content (AvgIpc) is 3.06. The lowest BCUT2D eigenvalue weighted by atomic mass is 9.89. The van der Waals surface area contributed by atoms with Crippen LogP contribution >= 0.6 is 12.4 Å². The Balaban J connectivity index is 0.00000225. The van der Waals surface area contributed by atoms with Crippen LogP contribution in [0.5, 0.6) is 5.75 Å². The largest absolute Gasteiger partial charge is 0.496 e. The smallest absolute Gasteiger partial charge is 0.260 e. The van der Waals surface area contributed by atoms with E-state index in [1.54, 1.807) is 11.0 Å². The van der Waals surface area contributed by atoms with Gasteiger partial charge in [-0.15, -0.1) is 12.4 Å². The van der Waals surface area contributed by atoms with E-state index in [2.05, 4.69) is 0 Å². The molecule has 0 bridgehead atoms. The molecule has 0 aliphatic carbocycles. The van der Waals surface area contributed by atoms with Crippen LogP contribution in [-0.2, 0) is 0 Å². The molecule has 2 atom stereocenters. The zero-order valence-electron chi connectivity index (χ0n) is 14.0. The molecule has 2 N–H and O–H groups in total. The molecule has 0 saturated carbocycles. The molecule has 2 aromatic rings. The number of carbonyl (C=O) groups excluding carboxylic acids is 1. The van der Waals surface area contributed by atoms with Gasteiger partial charge in [-0.25, -0.2) is 4.39 Å². The monoisotopic (exact) mass is 364 g/mol. The number of hydrogen-bond donors (Lipinski definition) is 1. The van der Waals surface area contributed by atoms with Gasteiger partial charge < -0.3 is 15.4 Å². The molecule has 1 aliphatic rings. The highest BCUT2D eigenvalue weighted by atomic mass is 35.5. The van der Waals surface area contributed by atoms with Crippen LogP contribution in [0.4, 0.5) is 4.39 Å². The summed E-state index contributed by atoms with van der Waals surface area (Å²) in [5.74, 6) is -0.326. The highest BCUT2D eigenvalue weighted by Gasteiger charge is 2.37. The van der Waals surface area contributed by atoms with Crippen LogP contribution in [0.3, 0.4) is 0 Å². The number of ether oxygens (including phenoxy) is 1. The summed E-state index contributed by atoms with van der Waals surface area (Å²) in [5, 5.41) is 0. The van der Waals surface area contributed by atoms with Crippen molar-refractivity contribution in [2.45, 2.75) is 5.92 Å². The van der Waals surface area contributed by atoms with Crippen LogP contribution in [0.2, 0.25) is 0 Å². The third-order valence-corrected chi connectivity index (χ3v) is 4.67. The Morgan fingerprint density at radius 1 is 1.20 bits per heavy atom. The highest BCUT2D eigenvalue weighted by molar-refractivity contribution is 5.97. The summed E-state index contributed by atoms with van der Waals surface area (Å²) in [6.07, 6.45) is 0. The van der Waals surface area contributed by atoms with Crippen molar-refractivity contribution >= 4 is 18.3 Å². The van der Waals surface area contributed by atoms with E-state index in [0.29, 0.717) is 19.6 Å². The van der Waals surface area contributed by atoms with Crippen molar-refractivity contribution in [2.24, 2.45) is 11.7 Å². The van der Waals surface area contributed by atoms with Crippen molar-refractivity contribution in [3.63, 3.8) is 0 Å². The summed E-state index contributed by atoms with van der Waals surface area (Å²) >= 11 is 0. The minimum absolute atomic E-state index is 0. The number of carbonyl (C=O) groups is 1. The molecular formula is C19H22ClFN2O2. The van der Waals surface area contributed by atoms with Gasteiger partial charge in [0.25, 0.3) is 5.91 Å². The van der Waals surface area contributed by atoms with E-state index in [4.69, 9.17) is 10.5 Å². The SMILES string of the molecule is COc1cccc(F)c1C(=O)N1C[C@@H](CN)[C@H](c2ccccc2)C1.Cl. The van der Waals surface area contributed by atoms with Crippen molar-refractivity contribution < 1.29 is 13.9 Å². The molecule has 6 heteroatoms. The van der Waals surface area contributed by atoms with Gasteiger partial charge in [-0.05, 0) is 30.2 Å². The van der Waals surface area contributed by atoms with Gasteiger partial charge in [-0.3, -0.25) is 4.79 Å². The molecule has 1 amide bonds. The number of likely N-dealkylation sites (tertiary alicyclic amines) is 1. The third-order valence-electron chi connectivity index (χ3n) is 4.67. The third kappa shape index (κ3) is 3.78. The Morgan fingerprint density at radius 3 is 2.56 bits per heavy atom. The normalized spacial score (nSPS) is 19.4. The van der Waals surface area contributed by atoms with Crippen LogP contribution < -0.4 is 10.5 Å². The number of methoxy groups -OCH3 is 1. The fourth-order valence-corrected chi connectivity index (χ4v) is 3.39. The maximum absolute atomic E-state index is 14.2. The van der Waals surface area contributed by atoms with Crippen molar-refractivity contribution in [2.75, 3.05) is 26.7 Å². The van der Waals surface area contributed by atoms with E-state index in [9.17, 15) is 9.18 Å². The zero-order valence-corrected chi connectivity index (χ0v) is 14.8. The van der Waals surface area contributed by atoms with E-state index in [1.165, 1.54) is 19.2 Å². The lowest BCUT2D eigenvalue weighted by molar-refractivity contribution is 0.0778. The molecular weight excluding hydrogens is 343 g/mol. The Labute approximate surface area is 153 Å². The molecule has 3 rings (SSSR count). The average molecular weight is 365 g/mol. The Morgan fingerprint density at radius 2 is 1.92 bits per heavy atom. The zero-order chi connectivity index (χ0) is 17.1. The van der Waals surface area contributed by atoms with Crippen molar-refractivity contribution in [1.82, 2.24) is 4.90 Å². The lowest BCUT2D eigenvalue weighted by Crippen LogP contribution is -2.30. The molecule has 1 heterocycles. The van der Waals surface area contributed by atoms with Crippen molar-refractivity contribution in [1.29, 1.82) is 0 Å². The number of benzene rings is 2. The second kappa shape index (κ2) is 8.32.